The first-order valence-electron chi connectivity index (χ1n) is 5.32. The van der Waals surface area contributed by atoms with E-state index in [1.165, 1.54) is 0 Å². The number of nitriles is 1. The Balaban J connectivity index is 2.11. The Morgan fingerprint density at radius 3 is 2.59 bits per heavy atom. The predicted octanol–water partition coefficient (Wildman–Crippen LogP) is 2.87. The molecular formula is C14H9N3. The van der Waals surface area contributed by atoms with Gasteiger partial charge in [-0.3, -0.25) is 0 Å². The number of hydrogen-bond acceptors (Lipinski definition) is 2. The second-order valence-electron chi connectivity index (χ2n) is 3.79. The minimum Gasteiger partial charge on any atom is -0.240 e. The van der Waals surface area contributed by atoms with E-state index in [-0.39, 0.29) is 0 Å². The third-order valence-corrected chi connectivity index (χ3v) is 2.68. The molecule has 17 heavy (non-hydrogen) atoms. The number of aromatic nitrogens is 2. The van der Waals surface area contributed by atoms with E-state index < -0.39 is 0 Å². The summed E-state index contributed by atoms with van der Waals surface area (Å²) in [7, 11) is 0. The van der Waals surface area contributed by atoms with Crippen molar-refractivity contribution in [2.24, 2.45) is 0 Å². The Bertz CT molecular complexity index is 669. The lowest BCUT2D eigenvalue weighted by molar-refractivity contribution is 0.966. The first kappa shape index (κ1) is 9.61. The summed E-state index contributed by atoms with van der Waals surface area (Å²) in [5, 5.41) is 13.2. The summed E-state index contributed by atoms with van der Waals surface area (Å²) in [4.78, 5) is 0. The number of pyridine rings is 1. The summed E-state index contributed by atoms with van der Waals surface area (Å²) in [5.74, 6) is 0. The van der Waals surface area contributed by atoms with Gasteiger partial charge in [-0.1, -0.05) is 18.2 Å². The predicted molar refractivity (Wildman–Crippen MR) is 65.3 cm³/mol. The molecule has 0 bridgehead atoms. The Morgan fingerprint density at radius 1 is 1.06 bits per heavy atom. The largest absolute Gasteiger partial charge is 0.240 e. The molecule has 0 unspecified atom stereocenters. The molecule has 0 aliphatic carbocycles. The maximum absolute atomic E-state index is 8.74. The third-order valence-electron chi connectivity index (χ3n) is 2.68. The van der Waals surface area contributed by atoms with E-state index in [4.69, 9.17) is 5.26 Å². The van der Waals surface area contributed by atoms with Crippen LogP contribution in [0.2, 0.25) is 0 Å². The van der Waals surface area contributed by atoms with Gasteiger partial charge in [0.1, 0.15) is 0 Å². The fourth-order valence-corrected chi connectivity index (χ4v) is 1.79. The van der Waals surface area contributed by atoms with Gasteiger partial charge in [0.05, 0.1) is 22.8 Å². The molecule has 0 spiro atoms. The average molecular weight is 219 g/mol. The number of hydrogen-bond donors (Lipinski definition) is 0. The maximum atomic E-state index is 8.74. The first-order valence-corrected chi connectivity index (χ1v) is 5.32. The fourth-order valence-electron chi connectivity index (χ4n) is 1.79. The van der Waals surface area contributed by atoms with Crippen molar-refractivity contribution < 1.29 is 0 Å². The van der Waals surface area contributed by atoms with Crippen LogP contribution in [0.25, 0.3) is 16.8 Å². The molecule has 80 valence electrons. The second kappa shape index (κ2) is 3.76. The number of rotatable bonds is 1. The highest BCUT2D eigenvalue weighted by Gasteiger charge is 2.03. The maximum Gasteiger partial charge on any atom is 0.0991 e. The van der Waals surface area contributed by atoms with Crippen LogP contribution in [0.5, 0.6) is 0 Å². The average Bonchev–Trinajstić information content (AvgIpc) is 2.82. The van der Waals surface area contributed by atoms with E-state index >= 15 is 0 Å². The summed E-state index contributed by atoms with van der Waals surface area (Å²) >= 11 is 0. The highest BCUT2D eigenvalue weighted by atomic mass is 15.2. The number of fused-ring (bicyclic) bond motifs is 1. The van der Waals surface area contributed by atoms with Crippen LogP contribution in [0.1, 0.15) is 5.56 Å². The smallest absolute Gasteiger partial charge is 0.0991 e. The van der Waals surface area contributed by atoms with Crippen LogP contribution in [0, 0.1) is 11.3 Å². The molecule has 0 aliphatic heterocycles. The van der Waals surface area contributed by atoms with Gasteiger partial charge >= 0.3 is 0 Å². The van der Waals surface area contributed by atoms with Crippen molar-refractivity contribution in [3.63, 3.8) is 0 Å². The molecule has 0 saturated carbocycles. The van der Waals surface area contributed by atoms with Crippen molar-refractivity contribution in [3.8, 4) is 17.3 Å². The number of nitrogens with zero attached hydrogens (tertiary/aromatic N) is 3. The van der Waals surface area contributed by atoms with E-state index in [9.17, 15) is 0 Å². The molecule has 0 radical (unpaired) electrons. The zero-order valence-corrected chi connectivity index (χ0v) is 9.04. The van der Waals surface area contributed by atoms with E-state index in [2.05, 4.69) is 11.2 Å². The summed E-state index contributed by atoms with van der Waals surface area (Å²) in [6.07, 6.45) is 1.92. The van der Waals surface area contributed by atoms with Crippen molar-refractivity contribution in [1.82, 2.24) is 9.61 Å². The van der Waals surface area contributed by atoms with Gasteiger partial charge in [-0.25, -0.2) is 4.52 Å². The molecule has 3 nitrogen and oxygen atoms in total. The van der Waals surface area contributed by atoms with Gasteiger partial charge in [-0.05, 0) is 30.3 Å². The van der Waals surface area contributed by atoms with Gasteiger partial charge < -0.3 is 0 Å². The topological polar surface area (TPSA) is 41.1 Å². The lowest BCUT2D eigenvalue weighted by Crippen LogP contribution is -1.85. The van der Waals surface area contributed by atoms with Crippen molar-refractivity contribution in [2.45, 2.75) is 0 Å². The van der Waals surface area contributed by atoms with Crippen LogP contribution in [-0.4, -0.2) is 9.61 Å². The molecule has 2 heterocycles. The van der Waals surface area contributed by atoms with Crippen molar-refractivity contribution in [1.29, 1.82) is 5.26 Å². The van der Waals surface area contributed by atoms with Crippen molar-refractivity contribution >= 4 is 5.52 Å². The summed E-state index contributed by atoms with van der Waals surface area (Å²) in [6.45, 7) is 0. The Hall–Kier alpha value is -2.60. The van der Waals surface area contributed by atoms with Gasteiger partial charge in [0.2, 0.25) is 0 Å². The molecule has 0 atom stereocenters. The van der Waals surface area contributed by atoms with Gasteiger partial charge in [0, 0.05) is 11.8 Å². The van der Waals surface area contributed by atoms with Crippen molar-refractivity contribution in [3.05, 3.63) is 60.3 Å². The zero-order valence-electron chi connectivity index (χ0n) is 9.04. The van der Waals surface area contributed by atoms with Crippen LogP contribution in [0.15, 0.2) is 54.7 Å². The standard InChI is InChI=1S/C14H9N3/c15-10-11-4-6-12(7-5-11)14-9-13-3-1-2-8-17(13)16-14/h1-9H. The summed E-state index contributed by atoms with van der Waals surface area (Å²) in [6, 6.07) is 17.5. The first-order chi connectivity index (χ1) is 8.36. The molecule has 0 N–H and O–H groups in total. The molecule has 1 aromatic carbocycles. The normalized spacial score (nSPS) is 10.3. The van der Waals surface area contributed by atoms with Crippen LogP contribution in [-0.2, 0) is 0 Å². The Labute approximate surface area is 98.6 Å². The highest BCUT2D eigenvalue weighted by Crippen LogP contribution is 2.19. The molecule has 3 aromatic rings. The van der Waals surface area contributed by atoms with Crippen molar-refractivity contribution in [2.75, 3.05) is 0 Å². The van der Waals surface area contributed by atoms with E-state index in [0.29, 0.717) is 5.56 Å². The summed E-state index contributed by atoms with van der Waals surface area (Å²) < 4.78 is 1.84. The van der Waals surface area contributed by atoms with Crippen LogP contribution < -0.4 is 0 Å². The lowest BCUT2D eigenvalue weighted by atomic mass is 10.1. The Morgan fingerprint density at radius 2 is 1.88 bits per heavy atom. The van der Waals surface area contributed by atoms with Gasteiger partial charge in [0.25, 0.3) is 0 Å². The lowest BCUT2D eigenvalue weighted by Gasteiger charge is -1.95. The highest BCUT2D eigenvalue weighted by molar-refractivity contribution is 5.66. The molecular weight excluding hydrogens is 210 g/mol. The van der Waals surface area contributed by atoms with Gasteiger partial charge in [-0.2, -0.15) is 10.4 Å². The fraction of sp³-hybridized carbons (Fsp3) is 0. The molecule has 3 rings (SSSR count). The van der Waals surface area contributed by atoms with Crippen LogP contribution >= 0.6 is 0 Å². The quantitative estimate of drug-likeness (QED) is 0.631. The monoisotopic (exact) mass is 219 g/mol. The van der Waals surface area contributed by atoms with E-state index in [1.807, 2.05) is 47.1 Å². The second-order valence-corrected chi connectivity index (χ2v) is 3.79. The molecule has 3 heteroatoms. The molecule has 0 fully saturated rings. The molecule has 0 amide bonds. The molecule has 0 aliphatic rings. The van der Waals surface area contributed by atoms with Gasteiger partial charge in [0.15, 0.2) is 0 Å². The Kier molecular flexibility index (Phi) is 2.13. The minimum atomic E-state index is 0.664. The number of benzene rings is 1. The van der Waals surface area contributed by atoms with Gasteiger partial charge in [-0.15, -0.1) is 0 Å². The molecule has 2 aromatic heterocycles. The zero-order chi connectivity index (χ0) is 11.7. The minimum absolute atomic E-state index is 0.664. The SMILES string of the molecule is N#Cc1ccc(-c2cc3ccccn3n2)cc1. The van der Waals surface area contributed by atoms with E-state index in [1.54, 1.807) is 12.1 Å². The molecule has 0 saturated heterocycles. The summed E-state index contributed by atoms with van der Waals surface area (Å²) in [5.41, 5.74) is 3.66. The third kappa shape index (κ3) is 1.66. The van der Waals surface area contributed by atoms with Crippen LogP contribution in [0.4, 0.5) is 0 Å². The van der Waals surface area contributed by atoms with E-state index in [0.717, 1.165) is 16.8 Å². The van der Waals surface area contributed by atoms with Crippen LogP contribution in [0.3, 0.4) is 0 Å².